The van der Waals surface area contributed by atoms with Gasteiger partial charge in [-0.05, 0) is 36.5 Å². The average Bonchev–Trinajstić information content (AvgIpc) is 3.20. The number of nitrogens with one attached hydrogen (secondary N) is 1. The van der Waals surface area contributed by atoms with Crippen LogP contribution in [0.4, 0.5) is 0 Å². The maximum absolute atomic E-state index is 6.25. The zero-order chi connectivity index (χ0) is 15.7. The van der Waals surface area contributed by atoms with Gasteiger partial charge < -0.3 is 19.5 Å². The monoisotopic (exact) mass is 317 g/mol. The van der Waals surface area contributed by atoms with Crippen LogP contribution < -0.4 is 5.32 Å². The molecule has 2 atom stereocenters. The summed E-state index contributed by atoms with van der Waals surface area (Å²) in [6, 6.07) is 6.99. The number of ether oxygens (including phenoxy) is 3. The van der Waals surface area contributed by atoms with E-state index in [2.05, 4.69) is 30.4 Å². The van der Waals surface area contributed by atoms with Crippen LogP contribution in [0.3, 0.4) is 0 Å². The molecule has 2 aliphatic heterocycles. The summed E-state index contributed by atoms with van der Waals surface area (Å²) in [6.45, 7) is 5.28. The molecule has 1 aliphatic carbocycles. The molecule has 0 unspecified atom stereocenters. The SMILES string of the molecule is C[C@@H](NC[C@@H]1COC2(CCCCC2)O1)c1ccc2c(c1)COC2. The summed E-state index contributed by atoms with van der Waals surface area (Å²) >= 11 is 0. The summed E-state index contributed by atoms with van der Waals surface area (Å²) < 4.78 is 17.8. The number of fused-ring (bicyclic) bond motifs is 1. The normalized spacial score (nSPS) is 27.3. The molecule has 0 bridgehead atoms. The predicted octanol–water partition coefficient (Wildman–Crippen LogP) is 3.44. The molecule has 4 rings (SSSR count). The summed E-state index contributed by atoms with van der Waals surface area (Å²) in [5, 5.41) is 3.61. The van der Waals surface area contributed by atoms with Crippen molar-refractivity contribution in [2.24, 2.45) is 0 Å². The highest BCUT2D eigenvalue weighted by molar-refractivity contribution is 5.34. The third kappa shape index (κ3) is 3.31. The lowest BCUT2D eigenvalue weighted by Crippen LogP contribution is -2.36. The second-order valence-electron chi connectivity index (χ2n) is 7.17. The van der Waals surface area contributed by atoms with Gasteiger partial charge in [0.1, 0.15) is 0 Å². The second kappa shape index (κ2) is 6.52. The molecule has 23 heavy (non-hydrogen) atoms. The van der Waals surface area contributed by atoms with Gasteiger partial charge in [-0.25, -0.2) is 0 Å². The second-order valence-corrected chi connectivity index (χ2v) is 7.17. The first-order chi connectivity index (χ1) is 11.2. The molecule has 0 aromatic heterocycles. The first kappa shape index (κ1) is 15.6. The van der Waals surface area contributed by atoms with Crippen LogP contribution in [0.25, 0.3) is 0 Å². The standard InChI is InChI=1S/C19H27NO3/c1-14(15-5-6-16-11-21-12-17(16)9-15)20-10-18-13-22-19(23-18)7-3-2-4-8-19/h5-6,9,14,18,20H,2-4,7-8,10-13H2,1H3/t14-,18-/m1/s1. The molecule has 1 N–H and O–H groups in total. The fourth-order valence-corrected chi connectivity index (χ4v) is 3.96. The van der Waals surface area contributed by atoms with Gasteiger partial charge >= 0.3 is 0 Å². The molecule has 2 fully saturated rings. The van der Waals surface area contributed by atoms with Gasteiger partial charge in [0, 0.05) is 25.4 Å². The lowest BCUT2D eigenvalue weighted by atomic mass is 9.94. The first-order valence-electron chi connectivity index (χ1n) is 8.99. The Hall–Kier alpha value is -0.940. The van der Waals surface area contributed by atoms with Crippen LogP contribution in [0.2, 0.25) is 0 Å². The van der Waals surface area contributed by atoms with Crippen LogP contribution >= 0.6 is 0 Å². The van der Waals surface area contributed by atoms with Gasteiger partial charge in [0.15, 0.2) is 5.79 Å². The van der Waals surface area contributed by atoms with Crippen LogP contribution in [0.1, 0.15) is 61.8 Å². The Bertz CT molecular complexity index is 554. The van der Waals surface area contributed by atoms with Gasteiger partial charge in [-0.15, -0.1) is 0 Å². The van der Waals surface area contributed by atoms with Gasteiger partial charge in [0.2, 0.25) is 0 Å². The highest BCUT2D eigenvalue weighted by Crippen LogP contribution is 2.37. The number of hydrogen-bond acceptors (Lipinski definition) is 4. The summed E-state index contributed by atoms with van der Waals surface area (Å²) in [4.78, 5) is 0. The molecule has 126 valence electrons. The van der Waals surface area contributed by atoms with Crippen molar-refractivity contribution in [3.63, 3.8) is 0 Å². The molecule has 4 heteroatoms. The molecule has 1 spiro atoms. The Morgan fingerprint density at radius 2 is 2.00 bits per heavy atom. The van der Waals surface area contributed by atoms with E-state index in [4.69, 9.17) is 14.2 Å². The van der Waals surface area contributed by atoms with E-state index in [1.54, 1.807) is 0 Å². The van der Waals surface area contributed by atoms with E-state index in [1.807, 2.05) is 0 Å². The fraction of sp³-hybridized carbons (Fsp3) is 0.684. The van der Waals surface area contributed by atoms with Gasteiger partial charge in [0.25, 0.3) is 0 Å². The van der Waals surface area contributed by atoms with Crippen molar-refractivity contribution in [2.45, 2.75) is 70.2 Å². The van der Waals surface area contributed by atoms with Crippen molar-refractivity contribution in [3.05, 3.63) is 34.9 Å². The molecule has 1 saturated carbocycles. The van der Waals surface area contributed by atoms with Crippen LogP contribution in [0, 0.1) is 0 Å². The largest absolute Gasteiger partial charge is 0.372 e. The molecule has 2 heterocycles. The van der Waals surface area contributed by atoms with E-state index >= 15 is 0 Å². The van der Waals surface area contributed by atoms with E-state index in [0.717, 1.165) is 39.2 Å². The van der Waals surface area contributed by atoms with E-state index in [9.17, 15) is 0 Å². The van der Waals surface area contributed by atoms with E-state index in [-0.39, 0.29) is 11.9 Å². The molecular formula is C19H27NO3. The zero-order valence-corrected chi connectivity index (χ0v) is 14.0. The maximum atomic E-state index is 6.25. The summed E-state index contributed by atoms with van der Waals surface area (Å²) in [7, 11) is 0. The first-order valence-corrected chi connectivity index (χ1v) is 8.99. The van der Waals surface area contributed by atoms with Crippen LogP contribution in [0.15, 0.2) is 18.2 Å². The Morgan fingerprint density at radius 3 is 2.87 bits per heavy atom. The van der Waals surface area contributed by atoms with Crippen molar-refractivity contribution in [1.82, 2.24) is 5.32 Å². The number of benzene rings is 1. The zero-order valence-electron chi connectivity index (χ0n) is 14.0. The fourth-order valence-electron chi connectivity index (χ4n) is 3.96. The maximum Gasteiger partial charge on any atom is 0.168 e. The number of rotatable bonds is 4. The van der Waals surface area contributed by atoms with Crippen molar-refractivity contribution in [3.8, 4) is 0 Å². The van der Waals surface area contributed by atoms with Gasteiger partial charge in [-0.3, -0.25) is 0 Å². The molecule has 4 nitrogen and oxygen atoms in total. The van der Waals surface area contributed by atoms with Gasteiger partial charge in [-0.2, -0.15) is 0 Å². The van der Waals surface area contributed by atoms with Gasteiger partial charge in [0.05, 0.1) is 25.9 Å². The average molecular weight is 317 g/mol. The van der Waals surface area contributed by atoms with Crippen molar-refractivity contribution < 1.29 is 14.2 Å². The van der Waals surface area contributed by atoms with E-state index < -0.39 is 0 Å². The molecule has 3 aliphatic rings. The highest BCUT2D eigenvalue weighted by atomic mass is 16.7. The van der Waals surface area contributed by atoms with E-state index in [0.29, 0.717) is 6.04 Å². The lowest BCUT2D eigenvalue weighted by Gasteiger charge is -2.31. The summed E-state index contributed by atoms with van der Waals surface area (Å²) in [5.74, 6) is -0.265. The Kier molecular flexibility index (Phi) is 4.41. The Labute approximate surface area is 138 Å². The topological polar surface area (TPSA) is 39.7 Å². The molecule has 0 radical (unpaired) electrons. The minimum Gasteiger partial charge on any atom is -0.372 e. The molecule has 1 saturated heterocycles. The Morgan fingerprint density at radius 1 is 1.17 bits per heavy atom. The van der Waals surface area contributed by atoms with Crippen molar-refractivity contribution >= 4 is 0 Å². The van der Waals surface area contributed by atoms with Crippen LogP contribution in [-0.2, 0) is 27.4 Å². The van der Waals surface area contributed by atoms with Gasteiger partial charge in [-0.1, -0.05) is 24.6 Å². The minimum absolute atomic E-state index is 0.174. The van der Waals surface area contributed by atoms with Crippen molar-refractivity contribution in [1.29, 1.82) is 0 Å². The lowest BCUT2D eigenvalue weighted by molar-refractivity contribution is -0.186. The summed E-state index contributed by atoms with van der Waals surface area (Å²) in [6.07, 6.45) is 6.07. The number of hydrogen-bond donors (Lipinski definition) is 1. The van der Waals surface area contributed by atoms with E-state index in [1.165, 1.54) is 36.0 Å². The van der Waals surface area contributed by atoms with Crippen molar-refractivity contribution in [2.75, 3.05) is 13.2 Å². The minimum atomic E-state index is -0.265. The smallest absolute Gasteiger partial charge is 0.168 e. The molecule has 1 aromatic carbocycles. The highest BCUT2D eigenvalue weighted by Gasteiger charge is 2.42. The third-order valence-electron chi connectivity index (χ3n) is 5.43. The Balaban J connectivity index is 1.31. The van der Waals surface area contributed by atoms with Crippen LogP contribution in [-0.4, -0.2) is 25.0 Å². The molecular weight excluding hydrogens is 290 g/mol. The van der Waals surface area contributed by atoms with Crippen LogP contribution in [0.5, 0.6) is 0 Å². The molecule has 1 aromatic rings. The third-order valence-corrected chi connectivity index (χ3v) is 5.43. The predicted molar refractivity (Wildman–Crippen MR) is 88.0 cm³/mol. The quantitative estimate of drug-likeness (QED) is 0.923. The molecule has 0 amide bonds. The summed E-state index contributed by atoms with van der Waals surface area (Å²) in [5.41, 5.74) is 3.98.